The fourth-order valence-electron chi connectivity index (χ4n) is 3.19. The highest BCUT2D eigenvalue weighted by Crippen LogP contribution is 2.31. The van der Waals surface area contributed by atoms with Crippen LogP contribution in [0.4, 0.5) is 0 Å². The van der Waals surface area contributed by atoms with Crippen LogP contribution >= 0.6 is 0 Å². The fraction of sp³-hybridized carbons (Fsp3) is 0.471. The molecule has 0 aromatic heterocycles. The molecule has 2 atom stereocenters. The first-order valence-corrected chi connectivity index (χ1v) is 9.98. The van der Waals surface area contributed by atoms with Gasteiger partial charge in [0.05, 0.1) is 0 Å². The number of hydrogen-bond donors (Lipinski definition) is 1. The van der Waals surface area contributed by atoms with E-state index in [2.05, 4.69) is 9.71 Å². The number of esters is 1. The van der Waals surface area contributed by atoms with E-state index in [0.29, 0.717) is 31.5 Å². The molecular weight excluding hydrogens is 358 g/mol. The van der Waals surface area contributed by atoms with Crippen LogP contribution in [-0.4, -0.2) is 56.3 Å². The Morgan fingerprint density at radius 2 is 2.12 bits per heavy atom. The monoisotopic (exact) mass is 379 g/mol. The second-order valence-electron chi connectivity index (χ2n) is 6.21. The molecule has 0 unspecified atom stereocenters. The van der Waals surface area contributed by atoms with E-state index in [1.54, 1.807) is 30.0 Å². The lowest BCUT2D eigenvalue weighted by molar-refractivity contribution is -0.158. The summed E-state index contributed by atoms with van der Waals surface area (Å²) in [5.41, 5.74) is 0.490. The first-order valence-electron chi connectivity index (χ1n) is 8.54. The molecule has 3 rings (SSSR count). The molecule has 0 bridgehead atoms. The minimum atomic E-state index is -3.76. The minimum absolute atomic E-state index is 0.143. The second kappa shape index (κ2) is 7.06. The van der Waals surface area contributed by atoms with Gasteiger partial charge < -0.3 is 15.0 Å². The molecule has 1 saturated heterocycles. The van der Waals surface area contributed by atoms with Gasteiger partial charge in [-0.3, -0.25) is 4.79 Å². The third kappa shape index (κ3) is 3.31. The van der Waals surface area contributed by atoms with Crippen LogP contribution in [0.2, 0.25) is 0 Å². The van der Waals surface area contributed by atoms with Gasteiger partial charge in [0.1, 0.15) is 10.9 Å². The lowest BCUT2D eigenvalue weighted by Gasteiger charge is -2.26. The van der Waals surface area contributed by atoms with Crippen molar-refractivity contribution in [3.8, 4) is 0 Å². The van der Waals surface area contributed by atoms with E-state index in [0.717, 1.165) is 0 Å². The van der Waals surface area contributed by atoms with Crippen LogP contribution in [-0.2, 0) is 24.3 Å². The van der Waals surface area contributed by atoms with Crippen LogP contribution in [0.15, 0.2) is 33.6 Å². The lowest BCUT2D eigenvalue weighted by atomic mass is 10.1. The van der Waals surface area contributed by atoms with Crippen LogP contribution in [0.25, 0.3) is 0 Å². The Bertz CT molecular complexity index is 865. The summed E-state index contributed by atoms with van der Waals surface area (Å²) in [4.78, 5) is 26.1. The van der Waals surface area contributed by atoms with E-state index in [1.807, 2.05) is 0 Å². The van der Waals surface area contributed by atoms with Crippen molar-refractivity contribution < 1.29 is 22.7 Å². The molecule has 9 heteroatoms. The summed E-state index contributed by atoms with van der Waals surface area (Å²) < 4.78 is 33.7. The summed E-state index contributed by atoms with van der Waals surface area (Å²) in [7, 11) is -3.76. The number of rotatable bonds is 4. The highest BCUT2D eigenvalue weighted by Gasteiger charge is 2.40. The molecule has 2 aliphatic heterocycles. The minimum Gasteiger partial charge on any atom is -0.451 e. The first kappa shape index (κ1) is 18.4. The van der Waals surface area contributed by atoms with Gasteiger partial charge >= 0.3 is 5.97 Å². The van der Waals surface area contributed by atoms with Gasteiger partial charge in [0.25, 0.3) is 15.9 Å². The van der Waals surface area contributed by atoms with Crippen molar-refractivity contribution in [1.82, 2.24) is 10.2 Å². The van der Waals surface area contributed by atoms with Crippen molar-refractivity contribution in [2.24, 2.45) is 4.40 Å². The Kier molecular flexibility index (Phi) is 4.99. The summed E-state index contributed by atoms with van der Waals surface area (Å²) in [5, 5.41) is 2.60. The average molecular weight is 379 g/mol. The van der Waals surface area contributed by atoms with Gasteiger partial charge in [-0.05, 0) is 38.8 Å². The lowest BCUT2D eigenvalue weighted by Crippen LogP contribution is -2.44. The highest BCUT2D eigenvalue weighted by atomic mass is 32.2. The Hall–Kier alpha value is -2.42. The summed E-state index contributed by atoms with van der Waals surface area (Å²) in [5.74, 6) is -0.645. The molecular formula is C17H21N3O5S. The molecule has 2 aliphatic rings. The Labute approximate surface area is 152 Å². The molecule has 8 nitrogen and oxygen atoms in total. The molecule has 0 radical (unpaired) electrons. The standard InChI is InChI=1S/C17H21N3O5S/c1-3-18-16(21)11(2)25-17(22)13-8-6-10-20(13)15-12-7-4-5-9-14(12)26(23,24)19-15/h4-5,7,9,11,13H,3,6,8,10H2,1-2H3,(H,18,21)/t11-,13-/m0/s1. The van der Waals surface area contributed by atoms with E-state index in [-0.39, 0.29) is 16.6 Å². The van der Waals surface area contributed by atoms with Crippen LogP contribution < -0.4 is 5.32 Å². The van der Waals surface area contributed by atoms with Crippen molar-refractivity contribution in [2.75, 3.05) is 13.1 Å². The average Bonchev–Trinajstić information content (AvgIpc) is 3.18. The van der Waals surface area contributed by atoms with Crippen molar-refractivity contribution >= 4 is 27.7 Å². The quantitative estimate of drug-likeness (QED) is 0.771. The normalized spacial score (nSPS) is 21.7. The zero-order valence-corrected chi connectivity index (χ0v) is 15.5. The van der Waals surface area contributed by atoms with Crippen molar-refractivity contribution in [2.45, 2.75) is 43.7 Å². The van der Waals surface area contributed by atoms with Gasteiger partial charge in [0.15, 0.2) is 11.9 Å². The maximum absolute atomic E-state index is 12.6. The van der Waals surface area contributed by atoms with Crippen molar-refractivity contribution in [1.29, 1.82) is 0 Å². The fourth-order valence-corrected chi connectivity index (χ4v) is 4.40. The molecule has 0 aliphatic carbocycles. The van der Waals surface area contributed by atoms with E-state index < -0.39 is 28.1 Å². The number of sulfonamides is 1. The molecule has 1 N–H and O–H groups in total. The summed E-state index contributed by atoms with van der Waals surface area (Å²) in [6, 6.07) is 5.89. The topological polar surface area (TPSA) is 105 Å². The number of nitrogens with one attached hydrogen (secondary N) is 1. The second-order valence-corrected chi connectivity index (χ2v) is 7.78. The highest BCUT2D eigenvalue weighted by molar-refractivity contribution is 7.90. The number of likely N-dealkylation sites (tertiary alicyclic amines) is 1. The zero-order chi connectivity index (χ0) is 18.9. The molecule has 1 amide bonds. The number of amidine groups is 1. The number of likely N-dealkylation sites (N-methyl/N-ethyl adjacent to an activating group) is 1. The van der Waals surface area contributed by atoms with Crippen molar-refractivity contribution in [3.63, 3.8) is 0 Å². The first-order chi connectivity index (χ1) is 12.3. The third-order valence-corrected chi connectivity index (χ3v) is 5.75. The van der Waals surface area contributed by atoms with E-state index in [9.17, 15) is 18.0 Å². The van der Waals surface area contributed by atoms with Crippen LogP contribution in [0.5, 0.6) is 0 Å². The molecule has 26 heavy (non-hydrogen) atoms. The Morgan fingerprint density at radius 3 is 2.85 bits per heavy atom. The molecule has 1 aromatic rings. The number of benzene rings is 1. The van der Waals surface area contributed by atoms with Gasteiger partial charge in [-0.25, -0.2) is 4.79 Å². The maximum Gasteiger partial charge on any atom is 0.329 e. The number of carbonyl (C=O) groups excluding carboxylic acids is 2. The number of ether oxygens (including phenoxy) is 1. The summed E-state index contributed by atoms with van der Waals surface area (Å²) in [6.45, 7) is 4.23. The SMILES string of the molecule is CCNC(=O)[C@H](C)OC(=O)[C@@H]1CCCN1C1=NS(=O)(=O)c2ccccc21. The van der Waals surface area contributed by atoms with E-state index in [4.69, 9.17) is 4.74 Å². The van der Waals surface area contributed by atoms with Crippen LogP contribution in [0.1, 0.15) is 32.3 Å². The predicted molar refractivity (Wildman–Crippen MR) is 94.1 cm³/mol. The molecule has 0 saturated carbocycles. The van der Waals surface area contributed by atoms with Crippen LogP contribution in [0.3, 0.4) is 0 Å². The number of carbonyl (C=O) groups is 2. The molecule has 140 valence electrons. The van der Waals surface area contributed by atoms with Gasteiger partial charge in [0.2, 0.25) is 0 Å². The smallest absolute Gasteiger partial charge is 0.329 e. The van der Waals surface area contributed by atoms with Gasteiger partial charge in [-0.2, -0.15) is 8.42 Å². The molecule has 2 heterocycles. The van der Waals surface area contributed by atoms with E-state index in [1.165, 1.54) is 13.0 Å². The van der Waals surface area contributed by atoms with E-state index >= 15 is 0 Å². The largest absolute Gasteiger partial charge is 0.451 e. The number of hydrogen-bond acceptors (Lipinski definition) is 6. The summed E-state index contributed by atoms with van der Waals surface area (Å²) in [6.07, 6.45) is 0.310. The third-order valence-electron chi connectivity index (χ3n) is 4.42. The van der Waals surface area contributed by atoms with Crippen molar-refractivity contribution in [3.05, 3.63) is 29.8 Å². The number of amides is 1. The Balaban J connectivity index is 1.81. The predicted octanol–water partition coefficient (Wildman–Crippen LogP) is 0.668. The number of nitrogens with zero attached hydrogens (tertiary/aromatic N) is 2. The summed E-state index contributed by atoms with van der Waals surface area (Å²) >= 11 is 0. The maximum atomic E-state index is 12.6. The molecule has 1 fully saturated rings. The zero-order valence-electron chi connectivity index (χ0n) is 14.6. The van der Waals surface area contributed by atoms with Gasteiger partial charge in [-0.1, -0.05) is 12.1 Å². The number of fused-ring (bicyclic) bond motifs is 1. The van der Waals surface area contributed by atoms with Gasteiger partial charge in [0, 0.05) is 18.7 Å². The Morgan fingerprint density at radius 1 is 1.38 bits per heavy atom. The molecule has 1 aromatic carbocycles. The van der Waals surface area contributed by atoms with Gasteiger partial charge in [-0.15, -0.1) is 4.40 Å². The molecule has 0 spiro atoms. The van der Waals surface area contributed by atoms with Crippen LogP contribution in [0, 0.1) is 0 Å².